The van der Waals surface area contributed by atoms with Crippen molar-refractivity contribution >= 4 is 34.7 Å². The molecule has 0 aromatic carbocycles. The van der Waals surface area contributed by atoms with E-state index in [-0.39, 0.29) is 11.2 Å². The number of anilines is 1. The van der Waals surface area contributed by atoms with Gasteiger partial charge in [0.2, 0.25) is 5.91 Å². The number of nitrogens with zero attached hydrogens (tertiary/aromatic N) is 4. The Morgan fingerprint density at radius 1 is 1.50 bits per heavy atom. The number of aromatic nitrogens is 3. The third-order valence-electron chi connectivity index (χ3n) is 3.73. The Kier molecular flexibility index (Phi) is 4.83. The highest BCUT2D eigenvalue weighted by Crippen LogP contribution is 2.29. The predicted octanol–water partition coefficient (Wildman–Crippen LogP) is 2.87. The molecule has 5 nitrogen and oxygen atoms in total. The maximum Gasteiger partial charge on any atom is 0.240 e. The molecule has 0 saturated carbocycles. The van der Waals surface area contributed by atoms with Gasteiger partial charge in [-0.3, -0.25) is 9.48 Å². The minimum Gasteiger partial charge on any atom is -0.309 e. The molecule has 1 unspecified atom stereocenters. The van der Waals surface area contributed by atoms with E-state index in [0.29, 0.717) is 0 Å². The molecule has 2 aromatic heterocycles. The molecule has 7 heteroatoms. The van der Waals surface area contributed by atoms with Gasteiger partial charge in [0.05, 0.1) is 27.8 Å². The summed E-state index contributed by atoms with van der Waals surface area (Å²) >= 11 is 3.42. The minimum atomic E-state index is 0.0285. The lowest BCUT2D eigenvalue weighted by Gasteiger charge is -2.30. The fourth-order valence-electron chi connectivity index (χ4n) is 2.56. The summed E-state index contributed by atoms with van der Waals surface area (Å²) in [4.78, 5) is 19.1. The Hall–Kier alpha value is -1.34. The van der Waals surface area contributed by atoms with Gasteiger partial charge in [0.1, 0.15) is 0 Å². The van der Waals surface area contributed by atoms with Crippen LogP contribution in [0.5, 0.6) is 0 Å². The highest BCUT2D eigenvalue weighted by atomic mass is 32.2. The number of thioether (sulfide) groups is 1. The van der Waals surface area contributed by atoms with Crippen LogP contribution in [0.2, 0.25) is 0 Å². The van der Waals surface area contributed by atoms with Crippen LogP contribution >= 0.6 is 23.1 Å². The molecule has 0 spiro atoms. The monoisotopic (exact) mass is 336 g/mol. The van der Waals surface area contributed by atoms with E-state index in [0.717, 1.165) is 42.9 Å². The number of piperidine rings is 1. The molecular weight excluding hydrogens is 316 g/mol. The van der Waals surface area contributed by atoms with Gasteiger partial charge in [-0.15, -0.1) is 23.1 Å². The summed E-state index contributed by atoms with van der Waals surface area (Å²) in [5, 5.41) is 7.47. The van der Waals surface area contributed by atoms with Crippen LogP contribution in [-0.2, 0) is 24.0 Å². The zero-order chi connectivity index (χ0) is 15.5. The average Bonchev–Trinajstić information content (AvgIpc) is 3.15. The second-order valence-electron chi connectivity index (χ2n) is 5.39. The molecule has 118 valence electrons. The van der Waals surface area contributed by atoms with E-state index >= 15 is 0 Å². The number of rotatable bonds is 5. The lowest BCUT2D eigenvalue weighted by atomic mass is 10.1. The zero-order valence-electron chi connectivity index (χ0n) is 12.9. The van der Waals surface area contributed by atoms with E-state index in [1.807, 2.05) is 18.1 Å². The van der Waals surface area contributed by atoms with Crippen molar-refractivity contribution in [1.29, 1.82) is 0 Å². The van der Waals surface area contributed by atoms with Crippen LogP contribution in [-0.4, -0.2) is 32.5 Å². The maximum absolute atomic E-state index is 12.7. The summed E-state index contributed by atoms with van der Waals surface area (Å²) in [7, 11) is 1.87. The molecule has 1 aliphatic heterocycles. The van der Waals surface area contributed by atoms with Crippen molar-refractivity contribution in [3.8, 4) is 0 Å². The van der Waals surface area contributed by atoms with E-state index in [1.54, 1.807) is 34.0 Å². The van der Waals surface area contributed by atoms with E-state index < -0.39 is 0 Å². The van der Waals surface area contributed by atoms with Gasteiger partial charge in [0.15, 0.2) is 0 Å². The lowest BCUT2D eigenvalue weighted by Crippen LogP contribution is -2.42. The Morgan fingerprint density at radius 2 is 2.36 bits per heavy atom. The molecule has 2 aromatic rings. The lowest BCUT2D eigenvalue weighted by molar-refractivity contribution is -0.119. The molecule has 22 heavy (non-hydrogen) atoms. The van der Waals surface area contributed by atoms with Gasteiger partial charge in [0.25, 0.3) is 0 Å². The largest absolute Gasteiger partial charge is 0.309 e. The van der Waals surface area contributed by atoms with Gasteiger partial charge in [-0.05, 0) is 19.3 Å². The molecule has 0 N–H and O–H groups in total. The van der Waals surface area contributed by atoms with E-state index in [4.69, 9.17) is 0 Å². The molecule has 0 radical (unpaired) electrons. The highest BCUT2D eigenvalue weighted by molar-refractivity contribution is 7.99. The summed E-state index contributed by atoms with van der Waals surface area (Å²) < 4.78 is 1.74. The van der Waals surface area contributed by atoms with Gasteiger partial charge < -0.3 is 4.90 Å². The van der Waals surface area contributed by atoms with Gasteiger partial charge in [-0.2, -0.15) is 5.10 Å². The van der Waals surface area contributed by atoms with Crippen molar-refractivity contribution < 1.29 is 4.79 Å². The van der Waals surface area contributed by atoms with Crippen LogP contribution < -0.4 is 4.90 Å². The molecule has 3 rings (SSSR count). The van der Waals surface area contributed by atoms with Crippen molar-refractivity contribution in [1.82, 2.24) is 14.8 Å². The fourth-order valence-corrected chi connectivity index (χ4v) is 4.54. The van der Waals surface area contributed by atoms with Crippen LogP contribution in [0.3, 0.4) is 0 Å². The minimum absolute atomic E-state index is 0.0285. The van der Waals surface area contributed by atoms with Crippen molar-refractivity contribution in [3.05, 3.63) is 28.5 Å². The van der Waals surface area contributed by atoms with Crippen LogP contribution in [0.15, 0.2) is 17.8 Å². The Balaban J connectivity index is 1.62. The first kappa shape index (κ1) is 15.6. The molecule has 1 saturated heterocycles. The first-order chi connectivity index (χ1) is 10.7. The molecule has 1 fully saturated rings. The number of thiazole rings is 1. The first-order valence-corrected chi connectivity index (χ1v) is 9.45. The first-order valence-electron chi connectivity index (χ1n) is 7.52. The standard InChI is InChI=1S/C15H20N4OS2/c1-3-14-17-11(10-22-14)9-21-13-5-4-6-19(15(13)20)12-7-16-18(2)8-12/h7-8,10,13H,3-6,9H2,1-2H3. The second kappa shape index (κ2) is 6.83. The molecule has 3 heterocycles. The molecule has 1 amide bonds. The van der Waals surface area contributed by atoms with Crippen molar-refractivity contribution in [2.24, 2.45) is 7.05 Å². The third-order valence-corrected chi connectivity index (χ3v) is 6.07. The van der Waals surface area contributed by atoms with Gasteiger partial charge in [-0.1, -0.05) is 6.92 Å². The van der Waals surface area contributed by atoms with E-state index in [9.17, 15) is 4.79 Å². The van der Waals surface area contributed by atoms with Gasteiger partial charge >= 0.3 is 0 Å². The molecule has 1 aliphatic rings. The van der Waals surface area contributed by atoms with E-state index in [2.05, 4.69) is 22.4 Å². The predicted molar refractivity (Wildman–Crippen MR) is 91.4 cm³/mol. The summed E-state index contributed by atoms with van der Waals surface area (Å²) in [6.07, 6.45) is 6.63. The normalized spacial score (nSPS) is 18.9. The SMILES string of the molecule is CCc1nc(CSC2CCCN(c3cnn(C)c3)C2=O)cs1. The summed E-state index contributed by atoms with van der Waals surface area (Å²) in [5.41, 5.74) is 2.00. The van der Waals surface area contributed by atoms with Crippen LogP contribution in [0.25, 0.3) is 0 Å². The number of hydrogen-bond acceptors (Lipinski definition) is 5. The Labute approximate surface area is 138 Å². The molecule has 1 atom stereocenters. The van der Waals surface area contributed by atoms with Crippen molar-refractivity contribution in [2.45, 2.75) is 37.2 Å². The van der Waals surface area contributed by atoms with Gasteiger partial charge in [-0.25, -0.2) is 4.98 Å². The van der Waals surface area contributed by atoms with E-state index in [1.165, 1.54) is 5.01 Å². The van der Waals surface area contributed by atoms with Gasteiger partial charge in [0, 0.05) is 30.9 Å². The summed E-state index contributed by atoms with van der Waals surface area (Å²) in [5.74, 6) is 1.02. The Bertz CT molecular complexity index is 652. The smallest absolute Gasteiger partial charge is 0.240 e. The number of hydrogen-bond donors (Lipinski definition) is 0. The van der Waals surface area contributed by atoms with Crippen LogP contribution in [0, 0.1) is 0 Å². The third kappa shape index (κ3) is 3.35. The molecule has 0 aliphatic carbocycles. The molecule has 0 bridgehead atoms. The number of carbonyl (C=O) groups excluding carboxylic acids is 1. The second-order valence-corrected chi connectivity index (χ2v) is 7.52. The summed E-state index contributed by atoms with van der Waals surface area (Å²) in [6.45, 7) is 2.91. The summed E-state index contributed by atoms with van der Waals surface area (Å²) in [6, 6.07) is 0. The number of carbonyl (C=O) groups is 1. The van der Waals surface area contributed by atoms with Crippen LogP contribution in [0.1, 0.15) is 30.5 Å². The molecular formula is C15H20N4OS2. The zero-order valence-corrected chi connectivity index (χ0v) is 14.5. The maximum atomic E-state index is 12.7. The highest BCUT2D eigenvalue weighted by Gasteiger charge is 2.30. The quantitative estimate of drug-likeness (QED) is 0.842. The van der Waals surface area contributed by atoms with Crippen molar-refractivity contribution in [2.75, 3.05) is 11.4 Å². The average molecular weight is 336 g/mol. The Morgan fingerprint density at radius 3 is 3.05 bits per heavy atom. The fraction of sp³-hybridized carbons (Fsp3) is 0.533. The van der Waals surface area contributed by atoms with Crippen LogP contribution in [0.4, 0.5) is 5.69 Å². The topological polar surface area (TPSA) is 51.0 Å². The number of aryl methyl sites for hydroxylation is 2. The van der Waals surface area contributed by atoms with Crippen molar-refractivity contribution in [3.63, 3.8) is 0 Å². The number of amides is 1.